The molecule has 43 heavy (non-hydrogen) atoms. The van der Waals surface area contributed by atoms with Crippen LogP contribution in [0, 0.1) is 71.1 Å². The third-order valence-electron chi connectivity index (χ3n) is 10.2. The second-order valence-corrected chi connectivity index (χ2v) is 13.8. The van der Waals surface area contributed by atoms with Crippen molar-refractivity contribution in [1.29, 1.82) is 0 Å². The standard InChI is InChI=1S/C36H33BrN2O4/c1-17-13-19(3)30(20(4)14-17)38-32(40)26-25-11-12-36(28(26)34(38)42,23-7-9-24(37)10-8-23)29-27(25)33(41)39(35(29)43)31-21(5)15-18(2)16-22(31)6/h7-16,25-29H,1-6H3/t25?,26-,27+,28+,29-,36?. The molecule has 0 radical (unpaired) electrons. The Morgan fingerprint density at radius 1 is 0.605 bits per heavy atom. The number of hydrogen-bond acceptors (Lipinski definition) is 4. The van der Waals surface area contributed by atoms with Crippen LogP contribution in [0.4, 0.5) is 11.4 Å². The van der Waals surface area contributed by atoms with Gasteiger partial charge in [0.15, 0.2) is 0 Å². The summed E-state index contributed by atoms with van der Waals surface area (Å²) >= 11 is 3.52. The highest BCUT2D eigenvalue weighted by Crippen LogP contribution is 2.65. The summed E-state index contributed by atoms with van der Waals surface area (Å²) in [6.45, 7) is 11.7. The fraction of sp³-hybridized carbons (Fsp3) is 0.333. The van der Waals surface area contributed by atoms with Gasteiger partial charge < -0.3 is 0 Å². The van der Waals surface area contributed by atoms with E-state index in [1.807, 2.05) is 102 Å². The number of nitrogens with zero attached hydrogens (tertiary/aromatic N) is 2. The molecule has 2 bridgehead atoms. The molecule has 3 aliphatic carbocycles. The normalized spacial score (nSPS) is 29.1. The van der Waals surface area contributed by atoms with Gasteiger partial charge in [-0.05, 0) is 81.5 Å². The quantitative estimate of drug-likeness (QED) is 0.248. The number of benzene rings is 3. The third kappa shape index (κ3) is 3.57. The average molecular weight is 638 g/mol. The number of aryl methyl sites for hydroxylation is 6. The fourth-order valence-corrected chi connectivity index (χ4v) is 9.25. The number of carbonyl (C=O) groups is 4. The van der Waals surface area contributed by atoms with Gasteiger partial charge >= 0.3 is 0 Å². The van der Waals surface area contributed by atoms with Gasteiger partial charge in [0.25, 0.3) is 0 Å². The minimum absolute atomic E-state index is 0.291. The molecule has 3 aromatic carbocycles. The number of rotatable bonds is 3. The molecule has 218 valence electrons. The number of imide groups is 2. The molecule has 0 spiro atoms. The van der Waals surface area contributed by atoms with Gasteiger partial charge in [0.05, 0.1) is 35.0 Å². The maximum absolute atomic E-state index is 14.7. The molecule has 6 nitrogen and oxygen atoms in total. The van der Waals surface area contributed by atoms with Crippen LogP contribution in [0.15, 0.2) is 65.2 Å². The molecule has 2 heterocycles. The lowest BCUT2D eigenvalue weighted by Gasteiger charge is -2.53. The molecule has 6 atom stereocenters. The van der Waals surface area contributed by atoms with Crippen LogP contribution in [0.1, 0.15) is 38.9 Å². The van der Waals surface area contributed by atoms with Crippen molar-refractivity contribution in [3.8, 4) is 0 Å². The number of halogens is 1. The van der Waals surface area contributed by atoms with Crippen LogP contribution in [0.2, 0.25) is 0 Å². The lowest BCUT2D eigenvalue weighted by Crippen LogP contribution is -2.60. The smallest absolute Gasteiger partial charge is 0.238 e. The van der Waals surface area contributed by atoms with Gasteiger partial charge in [-0.2, -0.15) is 0 Å². The van der Waals surface area contributed by atoms with E-state index in [-0.39, 0.29) is 23.6 Å². The highest BCUT2D eigenvalue weighted by atomic mass is 79.9. The predicted molar refractivity (Wildman–Crippen MR) is 169 cm³/mol. The average Bonchev–Trinajstić information content (AvgIpc) is 3.36. The van der Waals surface area contributed by atoms with Crippen LogP contribution < -0.4 is 9.80 Å². The maximum atomic E-state index is 14.7. The van der Waals surface area contributed by atoms with Gasteiger partial charge in [-0.15, -0.1) is 0 Å². The van der Waals surface area contributed by atoms with Crippen molar-refractivity contribution in [2.75, 3.05) is 9.80 Å². The first kappa shape index (κ1) is 28.0. The van der Waals surface area contributed by atoms with E-state index in [0.717, 1.165) is 43.4 Å². The minimum Gasteiger partial charge on any atom is -0.274 e. The van der Waals surface area contributed by atoms with Crippen molar-refractivity contribution in [2.24, 2.45) is 29.6 Å². The summed E-state index contributed by atoms with van der Waals surface area (Å²) in [5.74, 6) is -4.87. The second-order valence-electron chi connectivity index (χ2n) is 12.9. The van der Waals surface area contributed by atoms with Gasteiger partial charge in [-0.1, -0.05) is 75.6 Å². The first-order valence-corrected chi connectivity index (χ1v) is 15.5. The Balaban J connectivity index is 1.45. The van der Waals surface area contributed by atoms with E-state index in [1.165, 1.54) is 9.80 Å². The predicted octanol–water partition coefficient (Wildman–Crippen LogP) is 6.35. The van der Waals surface area contributed by atoms with Crippen LogP contribution in [0.5, 0.6) is 0 Å². The zero-order chi connectivity index (χ0) is 30.7. The highest BCUT2D eigenvalue weighted by molar-refractivity contribution is 9.10. The Morgan fingerprint density at radius 2 is 1.00 bits per heavy atom. The topological polar surface area (TPSA) is 74.8 Å². The molecule has 2 unspecified atom stereocenters. The molecule has 3 fully saturated rings. The number of carbonyl (C=O) groups excluding carboxylic acids is 4. The Labute approximate surface area is 259 Å². The largest absolute Gasteiger partial charge is 0.274 e. The molecular formula is C36H33BrN2O4. The van der Waals surface area contributed by atoms with Crippen molar-refractivity contribution < 1.29 is 19.2 Å². The number of amides is 4. The lowest BCUT2D eigenvalue weighted by molar-refractivity contribution is -0.140. The highest BCUT2D eigenvalue weighted by Gasteiger charge is 2.75. The van der Waals surface area contributed by atoms with Gasteiger partial charge in [0.2, 0.25) is 23.6 Å². The van der Waals surface area contributed by atoms with Crippen LogP contribution in [-0.4, -0.2) is 23.6 Å². The Bertz CT molecular complexity index is 1680. The van der Waals surface area contributed by atoms with Gasteiger partial charge in [-0.25, -0.2) is 9.80 Å². The van der Waals surface area contributed by atoms with E-state index in [1.54, 1.807) is 0 Å². The third-order valence-corrected chi connectivity index (χ3v) is 10.7. The first-order chi connectivity index (χ1) is 20.4. The van der Waals surface area contributed by atoms with Crippen LogP contribution in [0.3, 0.4) is 0 Å². The Hall–Kier alpha value is -3.84. The monoisotopic (exact) mass is 636 g/mol. The Morgan fingerprint density at radius 3 is 1.40 bits per heavy atom. The molecule has 0 N–H and O–H groups in total. The SMILES string of the molecule is Cc1cc(C)c(N2C(=O)[C@@H]3C4C=CC(c5ccc(Br)cc5)([C@@H]3C2=O)[C@H]2C(=O)N(c3c(C)cc(C)cc3C)C(=O)[C@@H]42)c(C)c1. The summed E-state index contributed by atoms with van der Waals surface area (Å²) in [4.78, 5) is 61.1. The summed E-state index contributed by atoms with van der Waals surface area (Å²) in [5.41, 5.74) is 6.31. The fourth-order valence-electron chi connectivity index (χ4n) is 8.98. The van der Waals surface area contributed by atoms with Crippen molar-refractivity contribution in [3.05, 3.63) is 104 Å². The summed E-state index contributed by atoms with van der Waals surface area (Å²) in [6.07, 6.45) is 3.91. The van der Waals surface area contributed by atoms with Crippen molar-refractivity contribution in [3.63, 3.8) is 0 Å². The van der Waals surface area contributed by atoms with E-state index >= 15 is 0 Å². The van der Waals surface area contributed by atoms with Crippen molar-refractivity contribution in [1.82, 2.24) is 0 Å². The van der Waals surface area contributed by atoms with E-state index in [2.05, 4.69) is 15.9 Å². The lowest BCUT2D eigenvalue weighted by atomic mass is 9.45. The summed E-state index contributed by atoms with van der Waals surface area (Å²) in [5, 5.41) is 0. The van der Waals surface area contributed by atoms with Gasteiger partial charge in [0.1, 0.15) is 0 Å². The second kappa shape index (κ2) is 9.33. The number of hydrogen-bond donors (Lipinski definition) is 0. The van der Waals surface area contributed by atoms with Gasteiger partial charge in [-0.3, -0.25) is 19.2 Å². The van der Waals surface area contributed by atoms with Crippen molar-refractivity contribution >= 4 is 50.9 Å². The molecule has 2 aliphatic heterocycles. The number of anilines is 2. The number of allylic oxidation sites excluding steroid dienone is 2. The molecule has 2 saturated heterocycles. The minimum atomic E-state index is -1.16. The molecule has 4 amide bonds. The molecule has 1 saturated carbocycles. The maximum Gasteiger partial charge on any atom is 0.238 e. The van der Waals surface area contributed by atoms with E-state index < -0.39 is 35.0 Å². The molecular weight excluding hydrogens is 604 g/mol. The summed E-state index contributed by atoms with van der Waals surface area (Å²) in [6, 6.07) is 15.5. The molecule has 5 aliphatic rings. The zero-order valence-corrected chi connectivity index (χ0v) is 26.7. The zero-order valence-electron chi connectivity index (χ0n) is 25.1. The van der Waals surface area contributed by atoms with Crippen molar-refractivity contribution in [2.45, 2.75) is 47.0 Å². The summed E-state index contributed by atoms with van der Waals surface area (Å²) < 4.78 is 0.858. The van der Waals surface area contributed by atoms with E-state index in [4.69, 9.17) is 0 Å². The molecule has 8 rings (SSSR count). The molecule has 7 heteroatoms. The molecule has 0 aromatic heterocycles. The molecule has 3 aromatic rings. The summed E-state index contributed by atoms with van der Waals surface area (Å²) in [7, 11) is 0. The first-order valence-electron chi connectivity index (χ1n) is 14.7. The van der Waals surface area contributed by atoms with Crippen LogP contribution in [0.25, 0.3) is 0 Å². The van der Waals surface area contributed by atoms with Crippen LogP contribution in [-0.2, 0) is 24.6 Å². The van der Waals surface area contributed by atoms with E-state index in [9.17, 15) is 19.2 Å². The van der Waals surface area contributed by atoms with Crippen LogP contribution >= 0.6 is 15.9 Å². The van der Waals surface area contributed by atoms with Gasteiger partial charge in [0, 0.05) is 15.8 Å². The van der Waals surface area contributed by atoms with E-state index in [0.29, 0.717) is 11.4 Å². The Kier molecular flexibility index (Phi) is 6.07.